The molecule has 0 spiro atoms. The number of carboxylic acid groups (broad SMARTS) is 1. The number of alkyl halides is 4. The Labute approximate surface area is 249 Å². The highest BCUT2D eigenvalue weighted by atomic mass is 19.3. The van der Waals surface area contributed by atoms with E-state index < -0.39 is 24.9 Å². The van der Waals surface area contributed by atoms with Crippen molar-refractivity contribution in [3.63, 3.8) is 0 Å². The van der Waals surface area contributed by atoms with Gasteiger partial charge in [0.25, 0.3) is 0 Å². The lowest BCUT2D eigenvalue weighted by atomic mass is 9.88. The van der Waals surface area contributed by atoms with E-state index in [9.17, 15) is 27.5 Å². The van der Waals surface area contributed by atoms with Gasteiger partial charge in [0.1, 0.15) is 17.6 Å². The van der Waals surface area contributed by atoms with Gasteiger partial charge in [-0.15, -0.1) is 0 Å². The summed E-state index contributed by atoms with van der Waals surface area (Å²) < 4.78 is 70.6. The summed E-state index contributed by atoms with van der Waals surface area (Å²) in [5.74, 6) is -2.47. The molecule has 0 amide bonds. The molecule has 3 aliphatic rings. The van der Waals surface area contributed by atoms with Gasteiger partial charge >= 0.3 is 18.3 Å². The molecule has 2 aromatic rings. The third-order valence-electron chi connectivity index (χ3n) is 8.98. The number of benzene rings is 1. The Morgan fingerprint density at radius 3 is 2.28 bits per heavy atom. The smallest absolute Gasteiger partial charge is 0.319 e. The van der Waals surface area contributed by atoms with Crippen LogP contribution in [-0.2, 0) is 4.79 Å². The number of likely N-dealkylation sites (tertiary alicyclic amines) is 1. The quantitative estimate of drug-likeness (QED) is 0.248. The Bertz CT molecular complexity index is 1230. The lowest BCUT2D eigenvalue weighted by Gasteiger charge is -2.35. The molecule has 2 saturated carbocycles. The lowest BCUT2D eigenvalue weighted by molar-refractivity contribution is -0.143. The second-order valence-corrected chi connectivity index (χ2v) is 12.1. The number of pyridine rings is 1. The zero-order valence-electron chi connectivity index (χ0n) is 24.4. The van der Waals surface area contributed by atoms with Crippen molar-refractivity contribution in [1.29, 1.82) is 0 Å². The summed E-state index contributed by atoms with van der Waals surface area (Å²) in [6.45, 7) is -0.306. The zero-order chi connectivity index (χ0) is 30.6. The molecule has 236 valence electrons. The van der Waals surface area contributed by atoms with Crippen molar-refractivity contribution in [2.24, 2.45) is 5.92 Å². The van der Waals surface area contributed by atoms with E-state index >= 15 is 0 Å². The van der Waals surface area contributed by atoms with Gasteiger partial charge in [-0.2, -0.15) is 8.78 Å². The number of aliphatic carboxylic acids is 1. The largest absolute Gasteiger partial charge is 0.497 e. The molecule has 0 radical (unpaired) electrons. The van der Waals surface area contributed by atoms with Gasteiger partial charge in [0.15, 0.2) is 0 Å². The molecule has 0 bridgehead atoms. The molecule has 5 rings (SSSR count). The molecule has 1 unspecified atom stereocenters. The van der Waals surface area contributed by atoms with Crippen LogP contribution in [0.4, 0.5) is 17.6 Å². The predicted molar refractivity (Wildman–Crippen MR) is 152 cm³/mol. The van der Waals surface area contributed by atoms with Gasteiger partial charge in [0.2, 0.25) is 5.88 Å². The Balaban J connectivity index is 1.16. The number of piperidine rings is 1. The highest BCUT2D eigenvalue weighted by Gasteiger charge is 2.43. The summed E-state index contributed by atoms with van der Waals surface area (Å²) in [7, 11) is 1.58. The monoisotopic (exact) mass is 608 g/mol. The van der Waals surface area contributed by atoms with E-state index in [0.717, 1.165) is 49.7 Å². The average Bonchev–Trinajstić information content (AvgIpc) is 3.83. The first-order chi connectivity index (χ1) is 20.6. The second kappa shape index (κ2) is 13.7. The van der Waals surface area contributed by atoms with Crippen LogP contribution in [-0.4, -0.2) is 72.3 Å². The maximum Gasteiger partial charge on any atom is 0.319 e. The molecule has 3 fully saturated rings. The number of hydrogen-bond donors (Lipinski definition) is 1. The van der Waals surface area contributed by atoms with Gasteiger partial charge in [0, 0.05) is 18.3 Å². The molecule has 11 heteroatoms. The highest BCUT2D eigenvalue weighted by molar-refractivity contribution is 5.68. The fourth-order valence-corrected chi connectivity index (χ4v) is 6.43. The minimum absolute atomic E-state index is 0.0186. The number of rotatable bonds is 13. The van der Waals surface area contributed by atoms with Crippen molar-refractivity contribution in [2.75, 3.05) is 26.7 Å². The first-order valence-electron chi connectivity index (χ1n) is 15.2. The van der Waals surface area contributed by atoms with E-state index in [0.29, 0.717) is 49.2 Å². The van der Waals surface area contributed by atoms with Crippen LogP contribution in [0, 0.1) is 5.92 Å². The molecule has 2 aliphatic carbocycles. The van der Waals surface area contributed by atoms with Gasteiger partial charge in [-0.05, 0) is 105 Å². The summed E-state index contributed by atoms with van der Waals surface area (Å²) in [5.41, 5.74) is 1.94. The standard InChI is InChI=1S/C32H40F4N2O5/c1-41-25-8-9-26(21-11-14-38(15-12-21)19-32(35,36)31(33)34)28(17-25)42-23-4-6-24(7-5-23)43-29-16-22(10-13-37-29)27(18-30(39)40)20-2-3-20/h8-10,13,16-17,20-21,23-24,27,31H,2-7,11-12,14-15,18-19H2,1H3,(H,39,40). The van der Waals surface area contributed by atoms with Crippen LogP contribution >= 0.6 is 0 Å². The van der Waals surface area contributed by atoms with Crippen LogP contribution in [0.5, 0.6) is 17.4 Å². The molecule has 43 heavy (non-hydrogen) atoms. The first kappa shape index (κ1) is 31.3. The van der Waals surface area contributed by atoms with E-state index in [4.69, 9.17) is 14.2 Å². The lowest BCUT2D eigenvalue weighted by Crippen LogP contribution is -2.44. The number of hydrogen-bond acceptors (Lipinski definition) is 6. The van der Waals surface area contributed by atoms with Gasteiger partial charge in [0.05, 0.1) is 26.2 Å². The van der Waals surface area contributed by atoms with Crippen LogP contribution in [0.25, 0.3) is 0 Å². The van der Waals surface area contributed by atoms with E-state index in [2.05, 4.69) is 4.98 Å². The van der Waals surface area contributed by atoms with E-state index in [1.807, 2.05) is 30.3 Å². The van der Waals surface area contributed by atoms with Gasteiger partial charge < -0.3 is 19.3 Å². The van der Waals surface area contributed by atoms with E-state index in [1.54, 1.807) is 13.3 Å². The van der Waals surface area contributed by atoms with Crippen molar-refractivity contribution < 1.29 is 41.7 Å². The Morgan fingerprint density at radius 2 is 1.67 bits per heavy atom. The predicted octanol–water partition coefficient (Wildman–Crippen LogP) is 6.91. The highest BCUT2D eigenvalue weighted by Crippen LogP contribution is 2.45. The SMILES string of the molecule is COc1ccc(C2CCN(CC(F)(F)C(F)F)CC2)c(OC2CCC(Oc3cc(C(CC(=O)O)C4CC4)ccn3)CC2)c1. The fourth-order valence-electron chi connectivity index (χ4n) is 6.43. The van der Waals surface area contributed by atoms with Gasteiger partial charge in [-0.25, -0.2) is 13.8 Å². The summed E-state index contributed by atoms with van der Waals surface area (Å²) in [6, 6.07) is 9.44. The number of nitrogens with zero attached hydrogens (tertiary/aromatic N) is 2. The third kappa shape index (κ3) is 8.31. The maximum absolute atomic E-state index is 13.6. The van der Waals surface area contributed by atoms with E-state index in [-0.39, 0.29) is 30.5 Å². The second-order valence-electron chi connectivity index (χ2n) is 12.1. The molecule has 2 heterocycles. The van der Waals surface area contributed by atoms with Crippen molar-refractivity contribution in [3.8, 4) is 17.4 Å². The number of carboxylic acids is 1. The fraction of sp³-hybridized carbons (Fsp3) is 0.625. The number of methoxy groups -OCH3 is 1. The molecule has 7 nitrogen and oxygen atoms in total. The Hall–Kier alpha value is -3.08. The maximum atomic E-state index is 13.6. The topological polar surface area (TPSA) is 81.1 Å². The average molecular weight is 609 g/mol. The number of carbonyl (C=O) groups is 1. The molecule has 1 saturated heterocycles. The van der Waals surface area contributed by atoms with Crippen LogP contribution in [0.15, 0.2) is 36.5 Å². The van der Waals surface area contributed by atoms with Crippen LogP contribution in [0.2, 0.25) is 0 Å². The minimum atomic E-state index is -4.01. The molecular weight excluding hydrogens is 568 g/mol. The normalized spacial score (nSPS) is 22.7. The van der Waals surface area contributed by atoms with Crippen molar-refractivity contribution in [3.05, 3.63) is 47.7 Å². The summed E-state index contributed by atoms with van der Waals surface area (Å²) >= 11 is 0. The van der Waals surface area contributed by atoms with Gasteiger partial charge in [-0.3, -0.25) is 9.69 Å². The van der Waals surface area contributed by atoms with Crippen LogP contribution < -0.4 is 14.2 Å². The minimum Gasteiger partial charge on any atom is -0.497 e. The summed E-state index contributed by atoms with van der Waals surface area (Å²) in [6.07, 6.45) is 4.39. The van der Waals surface area contributed by atoms with Crippen molar-refractivity contribution >= 4 is 5.97 Å². The van der Waals surface area contributed by atoms with Crippen LogP contribution in [0.1, 0.15) is 80.8 Å². The first-order valence-corrected chi connectivity index (χ1v) is 15.2. The molecule has 1 atom stereocenters. The van der Waals surface area contributed by atoms with Crippen molar-refractivity contribution in [2.45, 2.75) is 94.2 Å². The molecular formula is C32H40F4N2O5. The van der Waals surface area contributed by atoms with Gasteiger partial charge in [-0.1, -0.05) is 6.07 Å². The number of ether oxygens (including phenoxy) is 3. The molecule has 1 N–H and O–H groups in total. The molecule has 1 aromatic carbocycles. The number of aromatic nitrogens is 1. The third-order valence-corrected chi connectivity index (χ3v) is 8.98. The molecule has 1 aliphatic heterocycles. The Morgan fingerprint density at radius 1 is 1.00 bits per heavy atom. The summed E-state index contributed by atoms with van der Waals surface area (Å²) in [5, 5.41) is 9.35. The zero-order valence-corrected chi connectivity index (χ0v) is 24.4. The van der Waals surface area contributed by atoms with Crippen molar-refractivity contribution in [1.82, 2.24) is 9.88 Å². The van der Waals surface area contributed by atoms with E-state index in [1.165, 1.54) is 4.90 Å². The summed E-state index contributed by atoms with van der Waals surface area (Å²) in [4.78, 5) is 17.2. The number of halogens is 4. The molecule has 1 aromatic heterocycles. The Kier molecular flexibility index (Phi) is 9.99. The van der Waals surface area contributed by atoms with Crippen LogP contribution in [0.3, 0.4) is 0 Å².